The van der Waals surface area contributed by atoms with Crippen molar-refractivity contribution in [3.05, 3.63) is 76.1 Å². The average Bonchev–Trinajstić information content (AvgIpc) is 3.42. The van der Waals surface area contributed by atoms with Crippen molar-refractivity contribution in [3.63, 3.8) is 0 Å². The molecule has 0 spiro atoms. The summed E-state index contributed by atoms with van der Waals surface area (Å²) in [5.41, 5.74) is 4.02. The van der Waals surface area contributed by atoms with Crippen LogP contribution in [0.3, 0.4) is 0 Å². The van der Waals surface area contributed by atoms with Gasteiger partial charge < -0.3 is 25.7 Å². The molecule has 9 nitrogen and oxygen atoms in total. The number of urea groups is 1. The molecule has 5 rings (SSSR count). The van der Waals surface area contributed by atoms with Crippen LogP contribution in [-0.2, 0) is 27.2 Å². The number of esters is 1. The second-order valence-electron chi connectivity index (χ2n) is 9.43. The Kier molecular flexibility index (Phi) is 7.45. The third-order valence-electron chi connectivity index (χ3n) is 6.74. The van der Waals surface area contributed by atoms with Gasteiger partial charge in [0.25, 0.3) is 5.91 Å². The van der Waals surface area contributed by atoms with Gasteiger partial charge in [0.15, 0.2) is 5.78 Å². The summed E-state index contributed by atoms with van der Waals surface area (Å²) in [7, 11) is 0. The summed E-state index contributed by atoms with van der Waals surface area (Å²) in [6, 6.07) is 6.81. The second kappa shape index (κ2) is 11.1. The minimum absolute atomic E-state index is 0.00706. The van der Waals surface area contributed by atoms with E-state index in [1.54, 1.807) is 31.2 Å². The molecule has 0 radical (unpaired) electrons. The van der Waals surface area contributed by atoms with Crippen LogP contribution in [0.2, 0.25) is 0 Å². The molecule has 0 saturated heterocycles. The largest absolute Gasteiger partial charge is 0.466 e. The van der Waals surface area contributed by atoms with Crippen molar-refractivity contribution in [3.8, 4) is 0 Å². The molecule has 2 heterocycles. The Hall–Kier alpha value is -4.80. The molecule has 0 unspecified atom stereocenters. The number of ketones is 1. The topological polar surface area (TPSA) is 129 Å². The smallest absolute Gasteiger partial charge is 0.323 e. The number of benzene rings is 2. The highest BCUT2D eigenvalue weighted by atomic mass is 19.1. The summed E-state index contributed by atoms with van der Waals surface area (Å²) in [6.07, 6.45) is 3.80. The Morgan fingerprint density at radius 1 is 1.07 bits per heavy atom. The van der Waals surface area contributed by atoms with E-state index in [1.807, 2.05) is 0 Å². The molecule has 0 saturated carbocycles. The van der Waals surface area contributed by atoms with Crippen LogP contribution in [0.25, 0.3) is 11.6 Å². The Morgan fingerprint density at radius 3 is 2.67 bits per heavy atom. The number of carbonyl (C=O) groups is 4. The van der Waals surface area contributed by atoms with Crippen LogP contribution in [0.15, 0.2) is 36.4 Å². The molecule has 0 fully saturated rings. The van der Waals surface area contributed by atoms with E-state index in [2.05, 4.69) is 20.9 Å². The third kappa shape index (κ3) is 5.49. The first kappa shape index (κ1) is 26.8. The molecular formula is C29H26F2N4O5. The molecule has 1 aliphatic carbocycles. The number of carbonyl (C=O) groups excluding carboxylic acids is 4. The molecule has 1 aliphatic heterocycles. The summed E-state index contributed by atoms with van der Waals surface area (Å²) >= 11 is 0. The number of amides is 3. The van der Waals surface area contributed by atoms with Crippen LogP contribution in [-0.4, -0.2) is 35.3 Å². The van der Waals surface area contributed by atoms with E-state index in [9.17, 15) is 28.0 Å². The van der Waals surface area contributed by atoms with Crippen LogP contribution in [0, 0.1) is 11.6 Å². The molecule has 3 amide bonds. The van der Waals surface area contributed by atoms with Gasteiger partial charge in [0.1, 0.15) is 11.6 Å². The van der Waals surface area contributed by atoms with Crippen molar-refractivity contribution in [2.24, 2.45) is 0 Å². The number of anilines is 3. The summed E-state index contributed by atoms with van der Waals surface area (Å²) < 4.78 is 32.1. The fourth-order valence-corrected chi connectivity index (χ4v) is 4.96. The minimum atomic E-state index is -0.921. The van der Waals surface area contributed by atoms with Gasteiger partial charge in [-0.2, -0.15) is 0 Å². The Morgan fingerprint density at radius 2 is 1.90 bits per heavy atom. The van der Waals surface area contributed by atoms with Gasteiger partial charge >= 0.3 is 12.0 Å². The van der Waals surface area contributed by atoms with Crippen molar-refractivity contribution < 1.29 is 32.7 Å². The van der Waals surface area contributed by atoms with Crippen LogP contribution in [0.5, 0.6) is 0 Å². The van der Waals surface area contributed by atoms with Gasteiger partial charge in [-0.25, -0.2) is 13.6 Å². The molecule has 40 heavy (non-hydrogen) atoms. The van der Waals surface area contributed by atoms with E-state index in [1.165, 1.54) is 0 Å². The molecule has 2 aliphatic rings. The standard InChI is InChI=1S/C29H26F2N4O5/c1-2-40-26(37)11-8-17-24(33-23-4-3-5-25(36)27(17)23)14-19-18-13-16(7-10-21(18)34-28(19)38)32-29(39)35-22-9-6-15(30)12-20(22)31/h6-7,9-10,12-14,33H,2-5,8,11H2,1H3,(H,34,38)(H2,32,35,39). The Balaban J connectivity index is 1.43. The highest BCUT2D eigenvalue weighted by Crippen LogP contribution is 2.37. The molecule has 206 valence electrons. The first-order valence-electron chi connectivity index (χ1n) is 12.9. The summed E-state index contributed by atoms with van der Waals surface area (Å²) in [6.45, 7) is 1.98. The number of aromatic amines is 1. The molecule has 2 aromatic carbocycles. The Bertz CT molecular complexity index is 1580. The van der Waals surface area contributed by atoms with Gasteiger partial charge in [-0.15, -0.1) is 0 Å². The van der Waals surface area contributed by atoms with Crippen molar-refractivity contribution >= 4 is 52.4 Å². The van der Waals surface area contributed by atoms with Gasteiger partial charge in [0.05, 0.1) is 17.9 Å². The normalized spacial score (nSPS) is 14.9. The lowest BCUT2D eigenvalue weighted by Crippen LogP contribution is -2.20. The highest BCUT2D eigenvalue weighted by molar-refractivity contribution is 6.35. The van der Waals surface area contributed by atoms with Gasteiger partial charge in [-0.3, -0.25) is 14.4 Å². The highest BCUT2D eigenvalue weighted by Gasteiger charge is 2.29. The van der Waals surface area contributed by atoms with Gasteiger partial charge in [0, 0.05) is 52.8 Å². The quantitative estimate of drug-likeness (QED) is 0.231. The zero-order valence-corrected chi connectivity index (χ0v) is 21.6. The first-order valence-corrected chi connectivity index (χ1v) is 12.9. The molecule has 1 aromatic heterocycles. The number of rotatable bonds is 7. The summed E-state index contributed by atoms with van der Waals surface area (Å²) in [4.78, 5) is 53.5. The average molecular weight is 549 g/mol. The maximum absolute atomic E-state index is 13.9. The number of H-pyrrole nitrogens is 1. The molecular weight excluding hydrogens is 522 g/mol. The fraction of sp³-hybridized carbons (Fsp3) is 0.241. The Labute approximate surface area is 228 Å². The lowest BCUT2D eigenvalue weighted by atomic mass is 9.91. The lowest BCUT2D eigenvalue weighted by molar-refractivity contribution is -0.143. The van der Waals surface area contributed by atoms with E-state index in [0.29, 0.717) is 64.7 Å². The predicted molar refractivity (Wildman–Crippen MR) is 145 cm³/mol. The zero-order valence-electron chi connectivity index (χ0n) is 21.6. The number of nitrogens with one attached hydrogen (secondary N) is 4. The monoisotopic (exact) mass is 548 g/mol. The van der Waals surface area contributed by atoms with E-state index < -0.39 is 17.7 Å². The minimum Gasteiger partial charge on any atom is -0.466 e. The SMILES string of the molecule is CCOC(=O)CCc1c(C=C2C(=O)Nc3ccc(NC(=O)Nc4ccc(F)cc4F)cc32)[nH]c2c1C(=O)CCC2. The first-order chi connectivity index (χ1) is 19.2. The maximum atomic E-state index is 13.9. The van der Waals surface area contributed by atoms with Crippen molar-refractivity contribution in [2.45, 2.75) is 39.0 Å². The summed E-state index contributed by atoms with van der Waals surface area (Å²) in [5, 5.41) is 7.69. The van der Waals surface area contributed by atoms with Crippen molar-refractivity contribution in [1.29, 1.82) is 0 Å². The summed E-state index contributed by atoms with van der Waals surface area (Å²) in [5.74, 6) is -2.45. The van der Waals surface area contributed by atoms with Gasteiger partial charge in [-0.1, -0.05) is 0 Å². The number of aromatic nitrogens is 1. The fourth-order valence-electron chi connectivity index (χ4n) is 4.96. The van der Waals surface area contributed by atoms with Crippen LogP contribution < -0.4 is 16.0 Å². The predicted octanol–water partition coefficient (Wildman–Crippen LogP) is 5.44. The van der Waals surface area contributed by atoms with Crippen LogP contribution >= 0.6 is 0 Å². The molecule has 4 N–H and O–H groups in total. The van der Waals surface area contributed by atoms with Crippen molar-refractivity contribution in [1.82, 2.24) is 4.98 Å². The van der Waals surface area contributed by atoms with E-state index in [-0.39, 0.29) is 42.8 Å². The lowest BCUT2D eigenvalue weighted by Gasteiger charge is -2.11. The van der Waals surface area contributed by atoms with Crippen molar-refractivity contribution in [2.75, 3.05) is 22.6 Å². The van der Waals surface area contributed by atoms with Crippen LogP contribution in [0.4, 0.5) is 30.6 Å². The molecule has 0 atom stereocenters. The number of fused-ring (bicyclic) bond motifs is 2. The molecule has 3 aromatic rings. The number of hydrogen-bond donors (Lipinski definition) is 4. The van der Waals surface area contributed by atoms with Crippen LogP contribution in [0.1, 0.15) is 59.1 Å². The number of ether oxygens (including phenoxy) is 1. The number of Topliss-reactive ketones (excluding diaryl/α,β-unsaturated/α-hetero) is 1. The third-order valence-corrected chi connectivity index (χ3v) is 6.74. The maximum Gasteiger partial charge on any atom is 0.323 e. The van der Waals surface area contributed by atoms with E-state index in [4.69, 9.17) is 4.74 Å². The number of aryl methyl sites for hydroxylation is 1. The van der Waals surface area contributed by atoms with Gasteiger partial charge in [0.2, 0.25) is 0 Å². The second-order valence-corrected chi connectivity index (χ2v) is 9.43. The van der Waals surface area contributed by atoms with Gasteiger partial charge in [-0.05, 0) is 68.2 Å². The number of halogens is 2. The zero-order chi connectivity index (χ0) is 28.4. The molecule has 0 bridgehead atoms. The molecule has 11 heteroatoms. The van der Waals surface area contributed by atoms with E-state index in [0.717, 1.165) is 17.8 Å². The van der Waals surface area contributed by atoms with E-state index >= 15 is 0 Å². The number of hydrogen-bond acceptors (Lipinski definition) is 5.